The number of hydrogen-bond donors (Lipinski definition) is 2. The molecule has 2 aromatic carbocycles. The monoisotopic (exact) mass is 470 g/mol. The highest BCUT2D eigenvalue weighted by molar-refractivity contribution is 9.10. The molecular formula is C24H27BrN2O3. The molecule has 2 heterocycles. The molecule has 1 saturated heterocycles. The molecule has 0 amide bonds. The van der Waals surface area contributed by atoms with Gasteiger partial charge in [-0.15, -0.1) is 0 Å². The van der Waals surface area contributed by atoms with Crippen LogP contribution in [-0.2, 0) is 0 Å². The summed E-state index contributed by atoms with van der Waals surface area (Å²) < 4.78 is 12.9. The summed E-state index contributed by atoms with van der Waals surface area (Å²) in [5, 5.41) is 14.9. The van der Waals surface area contributed by atoms with Gasteiger partial charge in [0.05, 0.1) is 23.7 Å². The number of hydrogen-bond acceptors (Lipinski definition) is 5. The van der Waals surface area contributed by atoms with Gasteiger partial charge in [0.2, 0.25) is 0 Å². The van der Waals surface area contributed by atoms with Crippen molar-refractivity contribution in [2.75, 3.05) is 19.7 Å². The maximum absolute atomic E-state index is 10.7. The average Bonchev–Trinajstić information content (AvgIpc) is 3.11. The minimum Gasteiger partial charge on any atom is -0.504 e. The standard InChI is InChI=1S/C24H27BrN2O3/c25-17-8-10-19(11-9-17)29-16-4-3-6-21(27-18-12-14-26-15-13-18)24-23(28)20-5-1-2-7-22(20)30-24/h1-2,5,7-11,18,26,28H,3-4,6,12-16H2. The number of ether oxygens (including phenoxy) is 1. The molecule has 1 aromatic heterocycles. The number of nitrogens with one attached hydrogen (secondary N) is 1. The normalized spacial score (nSPS) is 15.6. The number of unbranched alkanes of at least 4 members (excludes halogenated alkanes) is 1. The van der Waals surface area contributed by atoms with Crippen LogP contribution in [-0.4, -0.2) is 36.6 Å². The first-order valence-corrected chi connectivity index (χ1v) is 11.4. The van der Waals surface area contributed by atoms with Gasteiger partial charge in [-0.05, 0) is 81.6 Å². The quantitative estimate of drug-likeness (QED) is 0.327. The van der Waals surface area contributed by atoms with Crippen LogP contribution in [0, 0.1) is 0 Å². The number of aliphatic imine (C=N–C) groups is 1. The maximum atomic E-state index is 10.7. The van der Waals surface area contributed by atoms with E-state index in [9.17, 15) is 5.11 Å². The average molecular weight is 471 g/mol. The third-order valence-corrected chi connectivity index (χ3v) is 5.90. The van der Waals surface area contributed by atoms with Gasteiger partial charge in [-0.1, -0.05) is 28.1 Å². The van der Waals surface area contributed by atoms with Crippen LogP contribution in [0.15, 0.2) is 62.4 Å². The zero-order valence-corrected chi connectivity index (χ0v) is 18.5. The summed E-state index contributed by atoms with van der Waals surface area (Å²) in [6.07, 6.45) is 4.59. The molecule has 3 aromatic rings. The number of para-hydroxylation sites is 1. The van der Waals surface area contributed by atoms with E-state index in [1.165, 1.54) is 0 Å². The van der Waals surface area contributed by atoms with Crippen LogP contribution in [0.3, 0.4) is 0 Å². The van der Waals surface area contributed by atoms with Crippen molar-refractivity contribution >= 4 is 32.6 Å². The molecule has 1 aliphatic heterocycles. The van der Waals surface area contributed by atoms with E-state index < -0.39 is 0 Å². The SMILES string of the molecule is Oc1c(C(CCCCOc2ccc(Br)cc2)=NC2CCNCC2)oc2ccccc12. The van der Waals surface area contributed by atoms with Crippen LogP contribution in [0.5, 0.6) is 11.5 Å². The smallest absolute Gasteiger partial charge is 0.190 e. The highest BCUT2D eigenvalue weighted by atomic mass is 79.9. The van der Waals surface area contributed by atoms with E-state index in [1.54, 1.807) is 0 Å². The van der Waals surface area contributed by atoms with Gasteiger partial charge in [0.15, 0.2) is 11.5 Å². The van der Waals surface area contributed by atoms with E-state index in [1.807, 2.05) is 48.5 Å². The van der Waals surface area contributed by atoms with Crippen molar-refractivity contribution in [3.8, 4) is 11.5 Å². The van der Waals surface area contributed by atoms with Crippen molar-refractivity contribution in [1.29, 1.82) is 0 Å². The molecule has 2 N–H and O–H groups in total. The zero-order valence-electron chi connectivity index (χ0n) is 16.9. The van der Waals surface area contributed by atoms with E-state index >= 15 is 0 Å². The second-order valence-corrected chi connectivity index (χ2v) is 8.51. The van der Waals surface area contributed by atoms with Crippen molar-refractivity contribution in [2.45, 2.75) is 38.1 Å². The van der Waals surface area contributed by atoms with Crippen molar-refractivity contribution in [1.82, 2.24) is 5.32 Å². The van der Waals surface area contributed by atoms with Gasteiger partial charge in [0, 0.05) is 4.47 Å². The number of fused-ring (bicyclic) bond motifs is 1. The molecule has 158 valence electrons. The topological polar surface area (TPSA) is 67.0 Å². The molecule has 30 heavy (non-hydrogen) atoms. The minimum atomic E-state index is 0.199. The molecule has 6 heteroatoms. The highest BCUT2D eigenvalue weighted by Crippen LogP contribution is 2.33. The molecule has 0 bridgehead atoms. The van der Waals surface area contributed by atoms with Crippen molar-refractivity contribution in [3.05, 3.63) is 58.8 Å². The summed E-state index contributed by atoms with van der Waals surface area (Å²) in [6, 6.07) is 15.7. The Morgan fingerprint density at radius 3 is 2.63 bits per heavy atom. The first-order chi connectivity index (χ1) is 14.7. The lowest BCUT2D eigenvalue weighted by Crippen LogP contribution is -2.30. The summed E-state index contributed by atoms with van der Waals surface area (Å²) in [6.45, 7) is 2.61. The predicted molar refractivity (Wildman–Crippen MR) is 124 cm³/mol. The largest absolute Gasteiger partial charge is 0.504 e. The number of rotatable bonds is 8. The van der Waals surface area contributed by atoms with Gasteiger partial charge in [-0.2, -0.15) is 0 Å². The molecule has 4 rings (SSSR count). The summed E-state index contributed by atoms with van der Waals surface area (Å²) in [4.78, 5) is 5.00. The Morgan fingerprint density at radius 1 is 1.10 bits per heavy atom. The second-order valence-electron chi connectivity index (χ2n) is 7.59. The number of nitrogens with zero attached hydrogens (tertiary/aromatic N) is 1. The number of aromatic hydroxyl groups is 1. The molecule has 0 saturated carbocycles. The van der Waals surface area contributed by atoms with Crippen molar-refractivity contribution in [3.63, 3.8) is 0 Å². The van der Waals surface area contributed by atoms with Gasteiger partial charge in [0.1, 0.15) is 11.3 Å². The second kappa shape index (κ2) is 10.1. The summed E-state index contributed by atoms with van der Waals surface area (Å²) in [7, 11) is 0. The Labute approximate surface area is 185 Å². The van der Waals surface area contributed by atoms with E-state index in [4.69, 9.17) is 14.1 Å². The Kier molecular flexibility index (Phi) is 7.07. The van der Waals surface area contributed by atoms with E-state index in [-0.39, 0.29) is 11.8 Å². The Balaban J connectivity index is 1.43. The fourth-order valence-corrected chi connectivity index (χ4v) is 4.00. The van der Waals surface area contributed by atoms with Gasteiger partial charge < -0.3 is 19.6 Å². The number of piperidine rings is 1. The molecule has 0 unspecified atom stereocenters. The Hall–Kier alpha value is -2.31. The Morgan fingerprint density at radius 2 is 1.87 bits per heavy atom. The maximum Gasteiger partial charge on any atom is 0.190 e. The third-order valence-electron chi connectivity index (χ3n) is 5.37. The Bertz CT molecular complexity index is 991. The number of benzene rings is 2. The van der Waals surface area contributed by atoms with E-state index in [2.05, 4.69) is 21.2 Å². The van der Waals surface area contributed by atoms with Crippen LogP contribution in [0.1, 0.15) is 37.9 Å². The molecule has 0 radical (unpaired) electrons. The van der Waals surface area contributed by atoms with Crippen LogP contribution in [0.2, 0.25) is 0 Å². The number of halogens is 1. The highest BCUT2D eigenvalue weighted by Gasteiger charge is 2.20. The zero-order chi connectivity index (χ0) is 20.8. The molecule has 0 spiro atoms. The lowest BCUT2D eigenvalue weighted by molar-refractivity contribution is 0.308. The third kappa shape index (κ3) is 5.24. The number of furan rings is 1. The van der Waals surface area contributed by atoms with Crippen LogP contribution < -0.4 is 10.1 Å². The van der Waals surface area contributed by atoms with Gasteiger partial charge in [-0.25, -0.2) is 0 Å². The van der Waals surface area contributed by atoms with Crippen LogP contribution in [0.25, 0.3) is 11.0 Å². The van der Waals surface area contributed by atoms with Crippen molar-refractivity contribution < 1.29 is 14.3 Å². The summed E-state index contributed by atoms with van der Waals surface area (Å²) in [5.74, 6) is 1.59. The van der Waals surface area contributed by atoms with Gasteiger partial charge >= 0.3 is 0 Å². The van der Waals surface area contributed by atoms with E-state index in [0.29, 0.717) is 18.0 Å². The van der Waals surface area contributed by atoms with Crippen LogP contribution >= 0.6 is 15.9 Å². The van der Waals surface area contributed by atoms with E-state index in [0.717, 1.165) is 66.5 Å². The van der Waals surface area contributed by atoms with Crippen molar-refractivity contribution in [2.24, 2.45) is 4.99 Å². The molecular weight excluding hydrogens is 444 g/mol. The molecule has 0 atom stereocenters. The first-order valence-electron chi connectivity index (χ1n) is 10.6. The fraction of sp³-hybridized carbons (Fsp3) is 0.375. The fourth-order valence-electron chi connectivity index (χ4n) is 3.74. The summed E-state index contributed by atoms with van der Waals surface area (Å²) >= 11 is 3.43. The lowest BCUT2D eigenvalue weighted by atomic mass is 10.0. The lowest BCUT2D eigenvalue weighted by Gasteiger charge is -2.20. The predicted octanol–water partition coefficient (Wildman–Crippen LogP) is 5.69. The minimum absolute atomic E-state index is 0.199. The van der Waals surface area contributed by atoms with Crippen LogP contribution in [0.4, 0.5) is 0 Å². The molecule has 0 aliphatic carbocycles. The first kappa shape index (κ1) is 20.9. The molecule has 5 nitrogen and oxygen atoms in total. The van der Waals surface area contributed by atoms with Gasteiger partial charge in [0.25, 0.3) is 0 Å². The summed E-state index contributed by atoms with van der Waals surface area (Å²) in [5.41, 5.74) is 1.56. The molecule has 1 aliphatic rings. The molecule has 1 fully saturated rings. The van der Waals surface area contributed by atoms with Gasteiger partial charge in [-0.3, -0.25) is 4.99 Å².